The monoisotopic (exact) mass is 456 g/mol. The summed E-state index contributed by atoms with van der Waals surface area (Å²) in [5, 5.41) is 3.36. The number of nitrogens with one attached hydrogen (secondary N) is 1. The average Bonchev–Trinajstić information content (AvgIpc) is 3.51. The van der Waals surface area contributed by atoms with Crippen molar-refractivity contribution in [3.8, 4) is 17.1 Å². The van der Waals surface area contributed by atoms with Gasteiger partial charge in [0.15, 0.2) is 5.65 Å². The number of hydrogen-bond donors (Lipinski definition) is 1. The van der Waals surface area contributed by atoms with Crippen molar-refractivity contribution in [2.75, 3.05) is 5.32 Å². The Kier molecular flexibility index (Phi) is 4.69. The number of nitrogens with zero attached hydrogens (tertiary/aromatic N) is 5. The number of pyridine rings is 1. The van der Waals surface area contributed by atoms with Gasteiger partial charge in [-0.2, -0.15) is 0 Å². The molecule has 0 saturated heterocycles. The van der Waals surface area contributed by atoms with Gasteiger partial charge >= 0.3 is 0 Å². The van der Waals surface area contributed by atoms with Crippen LogP contribution in [0.5, 0.6) is 0 Å². The largest absolute Gasteiger partial charge is 0.354 e. The molecular weight excluding hydrogens is 434 g/mol. The molecule has 0 unspecified atom stereocenters. The predicted octanol–water partition coefficient (Wildman–Crippen LogP) is 6.03. The molecule has 5 aromatic rings. The van der Waals surface area contributed by atoms with E-state index in [2.05, 4.69) is 10.3 Å². The lowest BCUT2D eigenvalue weighted by atomic mass is 10.2. The standard InChI is InChI=1S/C26H22F2N6/c1-15-13-34(14-29-15)23-10-9-19(11-20(23)28)30-22-12-21(16-3-4-16)31-26-24(22)32-25(33(26)2)17-5-7-18(27)8-6-17/h5-14,16H,3-4H2,1-2H3,(H,30,31). The average molecular weight is 457 g/mol. The number of benzene rings is 2. The van der Waals surface area contributed by atoms with Crippen molar-refractivity contribution in [2.24, 2.45) is 7.05 Å². The zero-order valence-electron chi connectivity index (χ0n) is 18.8. The van der Waals surface area contributed by atoms with Crippen LogP contribution in [-0.4, -0.2) is 24.1 Å². The number of hydrogen-bond acceptors (Lipinski definition) is 4. The smallest absolute Gasteiger partial charge is 0.162 e. The molecule has 0 aliphatic heterocycles. The highest BCUT2D eigenvalue weighted by atomic mass is 19.1. The van der Waals surface area contributed by atoms with Gasteiger partial charge < -0.3 is 14.5 Å². The van der Waals surface area contributed by atoms with E-state index >= 15 is 0 Å². The molecule has 1 saturated carbocycles. The molecule has 0 bridgehead atoms. The molecule has 6 nitrogen and oxygen atoms in total. The molecule has 0 spiro atoms. The van der Waals surface area contributed by atoms with Crippen LogP contribution in [0.3, 0.4) is 0 Å². The molecule has 1 fully saturated rings. The SMILES string of the molecule is Cc1cn(-c2ccc(Nc3cc(C4CC4)nc4c3nc(-c3ccc(F)cc3)n4C)cc2F)cn1. The first kappa shape index (κ1) is 20.5. The van der Waals surface area contributed by atoms with E-state index in [4.69, 9.17) is 9.97 Å². The first-order valence-electron chi connectivity index (χ1n) is 11.2. The lowest BCUT2D eigenvalue weighted by Crippen LogP contribution is -2.00. The summed E-state index contributed by atoms with van der Waals surface area (Å²) in [7, 11) is 1.91. The van der Waals surface area contributed by atoms with Crippen molar-refractivity contribution in [3.05, 3.63) is 84.1 Å². The van der Waals surface area contributed by atoms with Crippen LogP contribution < -0.4 is 5.32 Å². The molecule has 2 aromatic carbocycles. The molecule has 0 amide bonds. The van der Waals surface area contributed by atoms with E-state index in [9.17, 15) is 8.78 Å². The van der Waals surface area contributed by atoms with Crippen molar-refractivity contribution in [2.45, 2.75) is 25.7 Å². The first-order chi connectivity index (χ1) is 16.5. The van der Waals surface area contributed by atoms with Crippen molar-refractivity contribution in [3.63, 3.8) is 0 Å². The Bertz CT molecular complexity index is 1530. The molecular formula is C26H22F2N6. The number of imidazole rings is 2. The van der Waals surface area contributed by atoms with E-state index in [1.54, 1.807) is 35.3 Å². The van der Waals surface area contributed by atoms with Crippen molar-refractivity contribution >= 4 is 22.5 Å². The van der Waals surface area contributed by atoms with Gasteiger partial charge in [-0.25, -0.2) is 23.7 Å². The quantitative estimate of drug-likeness (QED) is 0.351. The minimum atomic E-state index is -0.358. The Morgan fingerprint density at radius 2 is 1.79 bits per heavy atom. The molecule has 0 atom stereocenters. The van der Waals surface area contributed by atoms with Gasteiger partial charge in [-0.1, -0.05) is 0 Å². The number of aromatic nitrogens is 5. The molecule has 3 aromatic heterocycles. The number of aryl methyl sites for hydroxylation is 2. The number of halogens is 2. The maximum absolute atomic E-state index is 15.0. The Hall–Kier alpha value is -4.07. The van der Waals surface area contributed by atoms with Crippen LogP contribution in [0.2, 0.25) is 0 Å². The van der Waals surface area contributed by atoms with Gasteiger partial charge in [0.1, 0.15) is 23.0 Å². The summed E-state index contributed by atoms with van der Waals surface area (Å²) in [5.74, 6) is 0.465. The van der Waals surface area contributed by atoms with E-state index < -0.39 is 0 Å². The normalized spacial score (nSPS) is 13.5. The van der Waals surface area contributed by atoms with E-state index in [-0.39, 0.29) is 11.6 Å². The van der Waals surface area contributed by atoms with Gasteiger partial charge in [0.2, 0.25) is 0 Å². The van der Waals surface area contributed by atoms with Crippen LogP contribution in [0.15, 0.2) is 61.1 Å². The summed E-state index contributed by atoms with van der Waals surface area (Å²) in [6.45, 7) is 1.86. The second-order valence-corrected chi connectivity index (χ2v) is 8.76. The highest BCUT2D eigenvalue weighted by Gasteiger charge is 2.27. The van der Waals surface area contributed by atoms with Gasteiger partial charge in [0.25, 0.3) is 0 Å². The van der Waals surface area contributed by atoms with Crippen molar-refractivity contribution in [1.82, 2.24) is 24.1 Å². The van der Waals surface area contributed by atoms with Gasteiger partial charge in [0, 0.05) is 36.1 Å². The Labute approximate surface area is 194 Å². The highest BCUT2D eigenvalue weighted by Crippen LogP contribution is 2.42. The third kappa shape index (κ3) is 3.61. The fraction of sp³-hybridized carbons (Fsp3) is 0.192. The van der Waals surface area contributed by atoms with Crippen molar-refractivity contribution < 1.29 is 8.78 Å². The minimum Gasteiger partial charge on any atom is -0.354 e. The van der Waals surface area contributed by atoms with Crippen LogP contribution in [-0.2, 0) is 7.05 Å². The molecule has 34 heavy (non-hydrogen) atoms. The molecule has 6 rings (SSSR count). The number of anilines is 2. The lowest BCUT2D eigenvalue weighted by molar-refractivity contribution is 0.618. The molecule has 170 valence electrons. The number of fused-ring (bicyclic) bond motifs is 1. The summed E-state index contributed by atoms with van der Waals surface area (Å²) in [4.78, 5) is 13.9. The molecule has 1 aliphatic carbocycles. The van der Waals surface area contributed by atoms with E-state index in [0.29, 0.717) is 28.6 Å². The Balaban J connectivity index is 1.43. The van der Waals surface area contributed by atoms with Crippen LogP contribution in [0.25, 0.3) is 28.2 Å². The zero-order valence-corrected chi connectivity index (χ0v) is 18.8. The maximum atomic E-state index is 15.0. The van der Waals surface area contributed by atoms with Crippen LogP contribution in [0, 0.1) is 18.6 Å². The van der Waals surface area contributed by atoms with Gasteiger partial charge in [-0.15, -0.1) is 0 Å². The second kappa shape index (κ2) is 7.76. The van der Waals surface area contributed by atoms with Crippen LogP contribution in [0.1, 0.15) is 30.1 Å². The van der Waals surface area contributed by atoms with Crippen LogP contribution >= 0.6 is 0 Å². The third-order valence-electron chi connectivity index (χ3n) is 6.16. The fourth-order valence-electron chi connectivity index (χ4n) is 4.21. The molecule has 1 aliphatic rings. The Morgan fingerprint density at radius 3 is 2.47 bits per heavy atom. The molecule has 0 radical (unpaired) electrons. The summed E-state index contributed by atoms with van der Waals surface area (Å²) >= 11 is 0. The zero-order chi connectivity index (χ0) is 23.4. The van der Waals surface area contributed by atoms with Crippen molar-refractivity contribution in [1.29, 1.82) is 0 Å². The molecule has 8 heteroatoms. The summed E-state index contributed by atoms with van der Waals surface area (Å²) in [5.41, 5.74) is 5.84. The van der Waals surface area contributed by atoms with Crippen LogP contribution in [0.4, 0.5) is 20.2 Å². The van der Waals surface area contributed by atoms with Gasteiger partial charge in [0.05, 0.1) is 23.4 Å². The third-order valence-corrected chi connectivity index (χ3v) is 6.16. The summed E-state index contributed by atoms with van der Waals surface area (Å²) in [6, 6.07) is 13.3. The van der Waals surface area contributed by atoms with Gasteiger partial charge in [-0.05, 0) is 68.3 Å². The number of rotatable bonds is 5. The topological polar surface area (TPSA) is 60.6 Å². The summed E-state index contributed by atoms with van der Waals surface area (Å²) < 4.78 is 32.0. The minimum absolute atomic E-state index is 0.296. The molecule has 1 N–H and O–H groups in total. The summed E-state index contributed by atoms with van der Waals surface area (Å²) in [6.07, 6.45) is 5.59. The predicted molar refractivity (Wildman–Crippen MR) is 127 cm³/mol. The second-order valence-electron chi connectivity index (χ2n) is 8.76. The van der Waals surface area contributed by atoms with E-state index in [1.165, 1.54) is 18.2 Å². The lowest BCUT2D eigenvalue weighted by Gasteiger charge is -2.11. The maximum Gasteiger partial charge on any atom is 0.162 e. The highest BCUT2D eigenvalue weighted by molar-refractivity contribution is 5.91. The van der Waals surface area contributed by atoms with Gasteiger partial charge in [-0.3, -0.25) is 0 Å². The van der Waals surface area contributed by atoms with E-state index in [1.807, 2.05) is 30.7 Å². The fourth-order valence-corrected chi connectivity index (χ4v) is 4.21. The first-order valence-corrected chi connectivity index (χ1v) is 11.2. The van der Waals surface area contributed by atoms with E-state index in [0.717, 1.165) is 41.1 Å². The molecule has 3 heterocycles. The Morgan fingerprint density at radius 1 is 1.00 bits per heavy atom.